The molecule has 2 N–H and O–H groups in total. The molecule has 0 fully saturated rings. The third kappa shape index (κ3) is 2.91. The lowest BCUT2D eigenvalue weighted by atomic mass is 10.1. The molecule has 1 aliphatic rings. The summed E-state index contributed by atoms with van der Waals surface area (Å²) >= 11 is 0. The number of rotatable bonds is 5. The van der Waals surface area contributed by atoms with Gasteiger partial charge in [0.2, 0.25) is 6.79 Å². The molecule has 1 aromatic carbocycles. The number of hydrogen-bond donors (Lipinski definition) is 2. The maximum absolute atomic E-state index is 11.2. The van der Waals surface area contributed by atoms with E-state index in [0.29, 0.717) is 6.61 Å². The molecule has 6 nitrogen and oxygen atoms in total. The number of aryl methyl sites for hydroxylation is 1. The van der Waals surface area contributed by atoms with E-state index in [4.69, 9.17) is 14.2 Å². The van der Waals surface area contributed by atoms with E-state index >= 15 is 0 Å². The van der Waals surface area contributed by atoms with E-state index in [-0.39, 0.29) is 19.3 Å². The first-order valence-electron chi connectivity index (χ1n) is 5.63. The molecule has 0 aliphatic carbocycles. The minimum Gasteiger partial charge on any atom is -0.454 e. The Kier molecular flexibility index (Phi) is 4.01. The Morgan fingerprint density at radius 3 is 2.83 bits per heavy atom. The highest BCUT2D eigenvalue weighted by atomic mass is 16.7. The van der Waals surface area contributed by atoms with Gasteiger partial charge in [0.15, 0.2) is 11.5 Å². The van der Waals surface area contributed by atoms with Gasteiger partial charge in [0.1, 0.15) is 6.61 Å². The molecular formula is C12H16N2O4. The Labute approximate surface area is 105 Å². The average molecular weight is 252 g/mol. The minimum atomic E-state index is -0.212. The number of ether oxygens (including phenoxy) is 3. The Bertz CT molecular complexity index is 448. The van der Waals surface area contributed by atoms with Gasteiger partial charge in [0, 0.05) is 7.05 Å². The molecule has 1 aliphatic heterocycles. The summed E-state index contributed by atoms with van der Waals surface area (Å²) in [5.41, 5.74) is 7.01. The number of carbonyl (C=O) groups is 1. The molecule has 0 bridgehead atoms. The van der Waals surface area contributed by atoms with Crippen LogP contribution in [-0.2, 0) is 16.1 Å². The van der Waals surface area contributed by atoms with Gasteiger partial charge in [-0.3, -0.25) is 10.2 Å². The average Bonchev–Trinajstić information content (AvgIpc) is 2.76. The summed E-state index contributed by atoms with van der Waals surface area (Å²) in [6.45, 7) is 2.59. The first-order valence-corrected chi connectivity index (χ1v) is 5.63. The first-order chi connectivity index (χ1) is 8.70. The minimum absolute atomic E-state index is 0.00865. The predicted molar refractivity (Wildman–Crippen MR) is 64.2 cm³/mol. The fourth-order valence-electron chi connectivity index (χ4n) is 1.67. The molecule has 0 aromatic heterocycles. The fourth-order valence-corrected chi connectivity index (χ4v) is 1.67. The van der Waals surface area contributed by atoms with Crippen LogP contribution in [-0.4, -0.2) is 26.4 Å². The fraction of sp³-hybridized carbons (Fsp3) is 0.417. The zero-order chi connectivity index (χ0) is 13.0. The van der Waals surface area contributed by atoms with Crippen molar-refractivity contribution < 1.29 is 19.0 Å². The normalized spacial score (nSPS) is 12.6. The molecule has 0 spiro atoms. The van der Waals surface area contributed by atoms with Crippen molar-refractivity contribution in [2.45, 2.75) is 13.5 Å². The van der Waals surface area contributed by atoms with Crippen molar-refractivity contribution in [3.8, 4) is 11.5 Å². The van der Waals surface area contributed by atoms with Crippen LogP contribution in [0.1, 0.15) is 11.1 Å². The number of fused-ring (bicyclic) bond motifs is 1. The third-order valence-electron chi connectivity index (χ3n) is 2.59. The van der Waals surface area contributed by atoms with Gasteiger partial charge in [0.05, 0.1) is 6.61 Å². The maximum Gasteiger partial charge on any atom is 0.260 e. The Balaban J connectivity index is 1.92. The van der Waals surface area contributed by atoms with Gasteiger partial charge >= 0.3 is 0 Å². The van der Waals surface area contributed by atoms with Crippen LogP contribution in [0.15, 0.2) is 12.1 Å². The molecule has 6 heteroatoms. The van der Waals surface area contributed by atoms with Gasteiger partial charge in [-0.15, -0.1) is 0 Å². The molecule has 98 valence electrons. The summed E-state index contributed by atoms with van der Waals surface area (Å²) < 4.78 is 15.9. The standard InChI is InChI=1S/C12H16N2O4/c1-8-3-10-11(18-7-17-10)4-9(8)5-16-6-12(15)14-13-2/h3-4,13H,5-7H2,1-2H3,(H,14,15). The van der Waals surface area contributed by atoms with E-state index in [1.807, 2.05) is 19.1 Å². The highest BCUT2D eigenvalue weighted by molar-refractivity contribution is 5.76. The number of benzene rings is 1. The molecular weight excluding hydrogens is 236 g/mol. The van der Waals surface area contributed by atoms with Gasteiger partial charge in [-0.1, -0.05) is 0 Å². The van der Waals surface area contributed by atoms with Crippen LogP contribution in [0.2, 0.25) is 0 Å². The van der Waals surface area contributed by atoms with Crippen molar-refractivity contribution in [3.63, 3.8) is 0 Å². The van der Waals surface area contributed by atoms with Gasteiger partial charge in [-0.25, -0.2) is 5.43 Å². The van der Waals surface area contributed by atoms with Crippen LogP contribution in [0.3, 0.4) is 0 Å². The Morgan fingerprint density at radius 1 is 1.39 bits per heavy atom. The highest BCUT2D eigenvalue weighted by Gasteiger charge is 2.15. The SMILES string of the molecule is CNNC(=O)COCc1cc2c(cc1C)OCO2. The molecule has 0 atom stereocenters. The lowest BCUT2D eigenvalue weighted by Gasteiger charge is -2.08. The Hall–Kier alpha value is -1.79. The van der Waals surface area contributed by atoms with Gasteiger partial charge in [-0.2, -0.15) is 0 Å². The summed E-state index contributed by atoms with van der Waals surface area (Å²) in [6.07, 6.45) is 0. The van der Waals surface area contributed by atoms with Crippen LogP contribution in [0.4, 0.5) is 0 Å². The van der Waals surface area contributed by atoms with Crippen LogP contribution >= 0.6 is 0 Å². The first kappa shape index (κ1) is 12.7. The Morgan fingerprint density at radius 2 is 2.11 bits per heavy atom. The van der Waals surface area contributed by atoms with Crippen molar-refractivity contribution in [1.82, 2.24) is 10.9 Å². The van der Waals surface area contributed by atoms with Crippen molar-refractivity contribution in [2.75, 3.05) is 20.4 Å². The molecule has 18 heavy (non-hydrogen) atoms. The van der Waals surface area contributed by atoms with E-state index in [1.165, 1.54) is 0 Å². The van der Waals surface area contributed by atoms with Crippen LogP contribution < -0.4 is 20.3 Å². The second kappa shape index (κ2) is 5.70. The van der Waals surface area contributed by atoms with Crippen LogP contribution in [0, 0.1) is 6.92 Å². The molecule has 0 saturated carbocycles. The monoisotopic (exact) mass is 252 g/mol. The largest absolute Gasteiger partial charge is 0.454 e. The number of carbonyl (C=O) groups excluding carboxylic acids is 1. The van der Waals surface area contributed by atoms with Crippen molar-refractivity contribution in [1.29, 1.82) is 0 Å². The number of amides is 1. The molecule has 1 heterocycles. The summed E-state index contributed by atoms with van der Waals surface area (Å²) in [5.74, 6) is 1.26. The molecule has 2 rings (SSSR count). The summed E-state index contributed by atoms with van der Waals surface area (Å²) in [4.78, 5) is 11.2. The topological polar surface area (TPSA) is 68.8 Å². The van der Waals surface area contributed by atoms with Gasteiger partial charge < -0.3 is 14.2 Å². The van der Waals surface area contributed by atoms with E-state index in [0.717, 1.165) is 22.6 Å². The molecule has 1 amide bonds. The number of hydrazine groups is 1. The maximum atomic E-state index is 11.2. The highest BCUT2D eigenvalue weighted by Crippen LogP contribution is 2.34. The van der Waals surface area contributed by atoms with Crippen molar-refractivity contribution in [2.24, 2.45) is 0 Å². The second-order valence-corrected chi connectivity index (χ2v) is 3.92. The lowest BCUT2D eigenvalue weighted by Crippen LogP contribution is -2.36. The molecule has 0 radical (unpaired) electrons. The van der Waals surface area contributed by atoms with E-state index < -0.39 is 0 Å². The van der Waals surface area contributed by atoms with Gasteiger partial charge in [-0.05, 0) is 30.2 Å². The quantitative estimate of drug-likeness (QED) is 0.746. The zero-order valence-corrected chi connectivity index (χ0v) is 10.4. The zero-order valence-electron chi connectivity index (χ0n) is 10.4. The molecule has 0 unspecified atom stereocenters. The second-order valence-electron chi connectivity index (χ2n) is 3.92. The van der Waals surface area contributed by atoms with Crippen LogP contribution in [0.25, 0.3) is 0 Å². The summed E-state index contributed by atoms with van der Waals surface area (Å²) in [5, 5.41) is 0. The van der Waals surface area contributed by atoms with Crippen molar-refractivity contribution >= 4 is 5.91 Å². The lowest BCUT2D eigenvalue weighted by molar-refractivity contribution is -0.126. The van der Waals surface area contributed by atoms with E-state index in [1.54, 1.807) is 7.05 Å². The number of nitrogens with one attached hydrogen (secondary N) is 2. The molecule has 1 aromatic rings. The van der Waals surface area contributed by atoms with Gasteiger partial charge in [0.25, 0.3) is 5.91 Å². The smallest absolute Gasteiger partial charge is 0.260 e. The van der Waals surface area contributed by atoms with Crippen molar-refractivity contribution in [3.05, 3.63) is 23.3 Å². The third-order valence-corrected chi connectivity index (χ3v) is 2.59. The van der Waals surface area contributed by atoms with E-state index in [9.17, 15) is 4.79 Å². The van der Waals surface area contributed by atoms with E-state index in [2.05, 4.69) is 10.9 Å². The summed E-state index contributed by atoms with van der Waals surface area (Å²) in [7, 11) is 1.62. The number of hydrogen-bond acceptors (Lipinski definition) is 5. The van der Waals surface area contributed by atoms with Crippen LogP contribution in [0.5, 0.6) is 11.5 Å². The predicted octanol–water partition coefficient (Wildman–Crippen LogP) is 0.491. The summed E-state index contributed by atoms with van der Waals surface area (Å²) in [6, 6.07) is 3.79. The molecule has 0 saturated heterocycles.